The number of aromatic nitrogens is 3. The van der Waals surface area contributed by atoms with Gasteiger partial charge < -0.3 is 10.1 Å². The van der Waals surface area contributed by atoms with Crippen LogP contribution in [0, 0.1) is 0 Å². The third-order valence-electron chi connectivity index (χ3n) is 2.61. The molecular formula is C13H16Br2N4O. The number of hydrogen-bond donors (Lipinski definition) is 1. The van der Waals surface area contributed by atoms with Crippen molar-refractivity contribution in [2.24, 2.45) is 0 Å². The lowest BCUT2D eigenvalue weighted by Gasteiger charge is -2.08. The molecule has 0 saturated heterocycles. The standard InChI is InChI=1S/C13H16Br2N4O/c1-2-16-8-11-9-19(18-17-11)5-6-20-13-4-3-10(14)7-12(13)15/h3-4,7,9,16H,2,5-6,8H2,1H3. The SMILES string of the molecule is CCNCc1cn(CCOc2ccc(Br)cc2Br)nn1. The first-order chi connectivity index (χ1) is 9.69. The predicted molar refractivity (Wildman–Crippen MR) is 84.7 cm³/mol. The van der Waals surface area contributed by atoms with Gasteiger partial charge in [-0.3, -0.25) is 0 Å². The van der Waals surface area contributed by atoms with Crippen molar-refractivity contribution >= 4 is 31.9 Å². The normalized spacial score (nSPS) is 10.8. The summed E-state index contributed by atoms with van der Waals surface area (Å²) in [4.78, 5) is 0. The van der Waals surface area contributed by atoms with Gasteiger partial charge in [-0.05, 0) is 40.7 Å². The van der Waals surface area contributed by atoms with Crippen molar-refractivity contribution in [2.75, 3.05) is 13.2 Å². The van der Waals surface area contributed by atoms with Crippen molar-refractivity contribution in [1.82, 2.24) is 20.3 Å². The fourth-order valence-electron chi connectivity index (χ4n) is 1.62. The fraction of sp³-hybridized carbons (Fsp3) is 0.385. The van der Waals surface area contributed by atoms with Crippen LogP contribution in [0.4, 0.5) is 0 Å². The minimum absolute atomic E-state index is 0.546. The lowest BCUT2D eigenvalue weighted by Crippen LogP contribution is -2.12. The highest BCUT2D eigenvalue weighted by Gasteiger charge is 2.03. The Labute approximate surface area is 135 Å². The molecule has 20 heavy (non-hydrogen) atoms. The summed E-state index contributed by atoms with van der Waals surface area (Å²) in [7, 11) is 0. The number of nitrogens with one attached hydrogen (secondary N) is 1. The van der Waals surface area contributed by atoms with Crippen LogP contribution in [0.25, 0.3) is 0 Å². The molecule has 0 radical (unpaired) electrons. The smallest absolute Gasteiger partial charge is 0.133 e. The van der Waals surface area contributed by atoms with Crippen molar-refractivity contribution in [1.29, 1.82) is 0 Å². The summed E-state index contributed by atoms with van der Waals surface area (Å²) in [5, 5.41) is 11.4. The Bertz CT molecular complexity index is 559. The van der Waals surface area contributed by atoms with Crippen LogP contribution in [-0.4, -0.2) is 28.1 Å². The molecule has 0 aliphatic heterocycles. The molecule has 5 nitrogen and oxygen atoms in total. The van der Waals surface area contributed by atoms with Crippen LogP contribution in [-0.2, 0) is 13.1 Å². The Morgan fingerprint density at radius 1 is 1.35 bits per heavy atom. The minimum Gasteiger partial charge on any atom is -0.490 e. The second kappa shape index (κ2) is 7.75. The van der Waals surface area contributed by atoms with E-state index in [0.717, 1.165) is 33.5 Å². The van der Waals surface area contributed by atoms with Gasteiger partial charge in [0.1, 0.15) is 12.4 Å². The van der Waals surface area contributed by atoms with Gasteiger partial charge in [0.15, 0.2) is 0 Å². The molecule has 0 unspecified atom stereocenters. The molecule has 0 fully saturated rings. The monoisotopic (exact) mass is 402 g/mol. The van der Waals surface area contributed by atoms with E-state index in [1.54, 1.807) is 4.68 Å². The maximum absolute atomic E-state index is 5.71. The Kier molecular flexibility index (Phi) is 6.00. The number of hydrogen-bond acceptors (Lipinski definition) is 4. The van der Waals surface area contributed by atoms with Gasteiger partial charge >= 0.3 is 0 Å². The second-order valence-electron chi connectivity index (χ2n) is 4.18. The molecule has 0 bridgehead atoms. The summed E-state index contributed by atoms with van der Waals surface area (Å²) < 4.78 is 9.45. The van der Waals surface area contributed by atoms with E-state index in [0.29, 0.717) is 13.2 Å². The summed E-state index contributed by atoms with van der Waals surface area (Å²) >= 11 is 6.88. The Balaban J connectivity index is 1.82. The van der Waals surface area contributed by atoms with Gasteiger partial charge in [-0.2, -0.15) is 0 Å². The van der Waals surface area contributed by atoms with Crippen LogP contribution >= 0.6 is 31.9 Å². The third kappa shape index (κ3) is 4.57. The van der Waals surface area contributed by atoms with E-state index in [4.69, 9.17) is 4.74 Å². The zero-order valence-electron chi connectivity index (χ0n) is 11.1. The number of rotatable bonds is 7. The average Bonchev–Trinajstić information content (AvgIpc) is 2.87. The van der Waals surface area contributed by atoms with Crippen LogP contribution in [0.15, 0.2) is 33.3 Å². The number of benzene rings is 1. The first-order valence-electron chi connectivity index (χ1n) is 6.36. The zero-order chi connectivity index (χ0) is 14.4. The Hall–Kier alpha value is -0.920. The number of halogens is 2. The highest BCUT2D eigenvalue weighted by molar-refractivity contribution is 9.11. The van der Waals surface area contributed by atoms with E-state index in [2.05, 4.69) is 54.4 Å². The molecule has 1 aromatic carbocycles. The number of ether oxygens (including phenoxy) is 1. The van der Waals surface area contributed by atoms with E-state index in [-0.39, 0.29) is 0 Å². The van der Waals surface area contributed by atoms with Crippen LogP contribution in [0.3, 0.4) is 0 Å². The predicted octanol–water partition coefficient (Wildman–Crippen LogP) is 2.99. The summed E-state index contributed by atoms with van der Waals surface area (Å²) in [6, 6.07) is 5.83. The molecule has 0 aliphatic rings. The van der Waals surface area contributed by atoms with Crippen LogP contribution in [0.2, 0.25) is 0 Å². The molecule has 0 atom stereocenters. The molecule has 0 aliphatic carbocycles. The van der Waals surface area contributed by atoms with E-state index >= 15 is 0 Å². The molecule has 0 saturated carbocycles. The minimum atomic E-state index is 0.546. The van der Waals surface area contributed by atoms with Gasteiger partial charge in [-0.15, -0.1) is 5.10 Å². The molecule has 2 rings (SSSR count). The highest BCUT2D eigenvalue weighted by atomic mass is 79.9. The van der Waals surface area contributed by atoms with E-state index in [9.17, 15) is 0 Å². The van der Waals surface area contributed by atoms with Gasteiger partial charge in [0.05, 0.1) is 16.7 Å². The molecular weight excluding hydrogens is 388 g/mol. The Morgan fingerprint density at radius 3 is 2.95 bits per heavy atom. The largest absolute Gasteiger partial charge is 0.490 e. The van der Waals surface area contributed by atoms with Gasteiger partial charge in [0.2, 0.25) is 0 Å². The molecule has 1 aromatic heterocycles. The molecule has 108 valence electrons. The molecule has 2 aromatic rings. The van der Waals surface area contributed by atoms with E-state index in [1.165, 1.54) is 0 Å². The molecule has 1 N–H and O–H groups in total. The fourth-order valence-corrected chi connectivity index (χ4v) is 2.78. The van der Waals surface area contributed by atoms with Gasteiger partial charge in [0.25, 0.3) is 0 Å². The van der Waals surface area contributed by atoms with Crippen molar-refractivity contribution in [3.8, 4) is 5.75 Å². The molecule has 0 spiro atoms. The Morgan fingerprint density at radius 2 is 2.20 bits per heavy atom. The van der Waals surface area contributed by atoms with Crippen molar-refractivity contribution < 1.29 is 4.74 Å². The summed E-state index contributed by atoms with van der Waals surface area (Å²) in [6.45, 7) is 4.95. The lowest BCUT2D eigenvalue weighted by molar-refractivity contribution is 0.288. The maximum Gasteiger partial charge on any atom is 0.133 e. The van der Waals surface area contributed by atoms with Crippen LogP contribution in [0.5, 0.6) is 5.75 Å². The lowest BCUT2D eigenvalue weighted by atomic mass is 10.3. The van der Waals surface area contributed by atoms with Crippen molar-refractivity contribution in [3.05, 3.63) is 39.0 Å². The van der Waals surface area contributed by atoms with E-state index < -0.39 is 0 Å². The van der Waals surface area contributed by atoms with Gasteiger partial charge in [-0.1, -0.05) is 28.1 Å². The summed E-state index contributed by atoms with van der Waals surface area (Å²) in [5.41, 5.74) is 0.941. The highest BCUT2D eigenvalue weighted by Crippen LogP contribution is 2.28. The van der Waals surface area contributed by atoms with Crippen LogP contribution in [0.1, 0.15) is 12.6 Å². The second-order valence-corrected chi connectivity index (χ2v) is 5.95. The molecule has 1 heterocycles. The van der Waals surface area contributed by atoms with Gasteiger partial charge in [-0.25, -0.2) is 4.68 Å². The topological polar surface area (TPSA) is 52.0 Å². The maximum atomic E-state index is 5.71. The molecule has 7 heteroatoms. The van der Waals surface area contributed by atoms with Crippen molar-refractivity contribution in [3.63, 3.8) is 0 Å². The van der Waals surface area contributed by atoms with Gasteiger partial charge in [0, 0.05) is 17.2 Å². The quantitative estimate of drug-likeness (QED) is 0.771. The zero-order valence-corrected chi connectivity index (χ0v) is 14.3. The van der Waals surface area contributed by atoms with E-state index in [1.807, 2.05) is 24.4 Å². The van der Waals surface area contributed by atoms with Crippen LogP contribution < -0.4 is 10.1 Å². The summed E-state index contributed by atoms with van der Waals surface area (Å²) in [6.07, 6.45) is 1.93. The van der Waals surface area contributed by atoms with Crippen molar-refractivity contribution in [2.45, 2.75) is 20.0 Å². The first kappa shape index (κ1) is 15.5. The molecule has 0 amide bonds. The average molecular weight is 404 g/mol. The summed E-state index contributed by atoms with van der Waals surface area (Å²) in [5.74, 6) is 0.821. The first-order valence-corrected chi connectivity index (χ1v) is 7.95. The third-order valence-corrected chi connectivity index (χ3v) is 3.73. The number of nitrogens with zero attached hydrogens (tertiary/aromatic N) is 3.